The molecule has 0 bridgehead atoms. The molecule has 2 nitrogen and oxygen atoms in total. The summed E-state index contributed by atoms with van der Waals surface area (Å²) in [6.07, 6.45) is 5.64. The summed E-state index contributed by atoms with van der Waals surface area (Å²) in [5, 5.41) is 9.80. The Bertz CT molecular complexity index is 780. The van der Waals surface area contributed by atoms with E-state index in [9.17, 15) is 9.90 Å². The first-order valence-electron chi connectivity index (χ1n) is 9.43. The number of benzene rings is 2. The van der Waals surface area contributed by atoms with Crippen molar-refractivity contribution in [2.75, 3.05) is 0 Å². The van der Waals surface area contributed by atoms with Crippen LogP contribution >= 0.6 is 0 Å². The molecule has 2 aromatic rings. The molecule has 3 atom stereocenters. The Labute approximate surface area is 149 Å². The number of aromatic hydroxyl groups is 1. The van der Waals surface area contributed by atoms with Gasteiger partial charge in [0.15, 0.2) is 0 Å². The van der Waals surface area contributed by atoms with Gasteiger partial charge >= 0.3 is 0 Å². The molecule has 130 valence electrons. The first-order chi connectivity index (χ1) is 12.1. The molecule has 1 fully saturated rings. The maximum absolute atomic E-state index is 12.5. The Morgan fingerprint density at radius 3 is 2.72 bits per heavy atom. The summed E-state index contributed by atoms with van der Waals surface area (Å²) in [6, 6.07) is 16.3. The molecular formula is C23H26O2. The second kappa shape index (κ2) is 6.33. The van der Waals surface area contributed by atoms with Gasteiger partial charge in [-0.2, -0.15) is 0 Å². The van der Waals surface area contributed by atoms with Crippen LogP contribution in [0.15, 0.2) is 48.5 Å². The molecule has 2 aliphatic rings. The molecule has 1 unspecified atom stereocenters. The SMILES string of the molecule is C[C@@]12CCc3cc(O)ccc3[C@H]1CC(=O)CC2CCc1ccccc1. The third kappa shape index (κ3) is 2.99. The number of rotatable bonds is 3. The number of hydrogen-bond acceptors (Lipinski definition) is 2. The van der Waals surface area contributed by atoms with E-state index in [1.54, 1.807) is 6.07 Å². The second-order valence-electron chi connectivity index (χ2n) is 8.11. The van der Waals surface area contributed by atoms with Crippen LogP contribution in [0.5, 0.6) is 5.75 Å². The van der Waals surface area contributed by atoms with Crippen LogP contribution in [-0.4, -0.2) is 10.9 Å². The van der Waals surface area contributed by atoms with Crippen LogP contribution in [0.4, 0.5) is 0 Å². The van der Waals surface area contributed by atoms with Gasteiger partial charge < -0.3 is 5.11 Å². The lowest BCUT2D eigenvalue weighted by Crippen LogP contribution is -2.43. The van der Waals surface area contributed by atoms with Crippen LogP contribution in [0.3, 0.4) is 0 Å². The number of phenolic OH excluding ortho intramolecular Hbond substituents is 1. The Hall–Kier alpha value is -2.09. The molecule has 0 aliphatic heterocycles. The molecule has 0 saturated heterocycles. The zero-order chi connectivity index (χ0) is 17.4. The maximum Gasteiger partial charge on any atom is 0.133 e. The summed E-state index contributed by atoms with van der Waals surface area (Å²) in [4.78, 5) is 12.5. The van der Waals surface area contributed by atoms with E-state index in [1.165, 1.54) is 16.7 Å². The number of carbonyl (C=O) groups is 1. The normalized spacial score (nSPS) is 28.3. The lowest BCUT2D eigenvalue weighted by atomic mass is 9.53. The third-order valence-corrected chi connectivity index (χ3v) is 6.69. The highest BCUT2D eigenvalue weighted by molar-refractivity contribution is 5.81. The van der Waals surface area contributed by atoms with Gasteiger partial charge in [0.25, 0.3) is 0 Å². The van der Waals surface area contributed by atoms with E-state index >= 15 is 0 Å². The van der Waals surface area contributed by atoms with Gasteiger partial charge in [-0.15, -0.1) is 0 Å². The van der Waals surface area contributed by atoms with Crippen LogP contribution in [-0.2, 0) is 17.6 Å². The first-order valence-corrected chi connectivity index (χ1v) is 9.43. The van der Waals surface area contributed by atoms with Crippen LogP contribution in [0.25, 0.3) is 0 Å². The molecular weight excluding hydrogens is 308 g/mol. The Morgan fingerprint density at radius 1 is 1.12 bits per heavy atom. The smallest absolute Gasteiger partial charge is 0.133 e. The summed E-state index contributed by atoms with van der Waals surface area (Å²) < 4.78 is 0. The average molecular weight is 334 g/mol. The van der Waals surface area contributed by atoms with E-state index in [4.69, 9.17) is 0 Å². The van der Waals surface area contributed by atoms with Gasteiger partial charge in [0.2, 0.25) is 0 Å². The fraction of sp³-hybridized carbons (Fsp3) is 0.435. The Kier molecular flexibility index (Phi) is 4.15. The maximum atomic E-state index is 12.5. The van der Waals surface area contributed by atoms with E-state index in [1.807, 2.05) is 6.07 Å². The zero-order valence-electron chi connectivity index (χ0n) is 14.9. The van der Waals surface area contributed by atoms with E-state index in [-0.39, 0.29) is 5.41 Å². The molecule has 4 rings (SSSR count). The Morgan fingerprint density at radius 2 is 1.92 bits per heavy atom. The average Bonchev–Trinajstić information content (AvgIpc) is 2.61. The lowest BCUT2D eigenvalue weighted by Gasteiger charge is -2.51. The topological polar surface area (TPSA) is 37.3 Å². The number of hydrogen-bond donors (Lipinski definition) is 1. The van der Waals surface area contributed by atoms with Gasteiger partial charge in [0.1, 0.15) is 11.5 Å². The van der Waals surface area contributed by atoms with Crippen molar-refractivity contribution in [1.82, 2.24) is 0 Å². The van der Waals surface area contributed by atoms with E-state index < -0.39 is 0 Å². The molecule has 0 spiro atoms. The van der Waals surface area contributed by atoms with Crippen molar-refractivity contribution >= 4 is 5.78 Å². The summed E-state index contributed by atoms with van der Waals surface area (Å²) >= 11 is 0. The van der Waals surface area contributed by atoms with Gasteiger partial charge in [0.05, 0.1) is 0 Å². The van der Waals surface area contributed by atoms with Gasteiger partial charge in [-0.1, -0.05) is 43.3 Å². The predicted molar refractivity (Wildman–Crippen MR) is 99.8 cm³/mol. The van der Waals surface area contributed by atoms with Crippen molar-refractivity contribution in [3.8, 4) is 5.75 Å². The molecule has 2 aromatic carbocycles. The van der Waals surface area contributed by atoms with E-state index in [0.717, 1.165) is 32.1 Å². The van der Waals surface area contributed by atoms with Gasteiger partial charge in [-0.05, 0) is 71.8 Å². The van der Waals surface area contributed by atoms with Crippen molar-refractivity contribution < 1.29 is 9.90 Å². The highest BCUT2D eigenvalue weighted by Gasteiger charge is 2.48. The van der Waals surface area contributed by atoms with Gasteiger partial charge in [-0.3, -0.25) is 4.79 Å². The number of fused-ring (bicyclic) bond motifs is 3. The lowest BCUT2D eigenvalue weighted by molar-refractivity contribution is -0.126. The van der Waals surface area contributed by atoms with Crippen molar-refractivity contribution in [3.63, 3.8) is 0 Å². The monoisotopic (exact) mass is 334 g/mol. The molecule has 25 heavy (non-hydrogen) atoms. The summed E-state index contributed by atoms with van der Waals surface area (Å²) in [5.41, 5.74) is 4.08. The first kappa shape index (κ1) is 16.4. The number of ketones is 1. The highest BCUT2D eigenvalue weighted by Crippen LogP contribution is 2.56. The molecule has 0 heterocycles. The van der Waals surface area contributed by atoms with E-state index in [2.05, 4.69) is 43.3 Å². The molecule has 0 radical (unpaired) electrons. The summed E-state index contributed by atoms with van der Waals surface area (Å²) in [6.45, 7) is 2.40. The van der Waals surface area contributed by atoms with Crippen LogP contribution in [0, 0.1) is 11.3 Å². The van der Waals surface area contributed by atoms with Crippen LogP contribution in [0.1, 0.15) is 55.2 Å². The van der Waals surface area contributed by atoms with Crippen LogP contribution < -0.4 is 0 Å². The standard InChI is InChI=1S/C23H26O2/c1-23-12-11-17-13-19(24)9-10-21(17)22(23)15-20(25)14-18(23)8-7-16-5-3-2-4-6-16/h2-6,9-10,13,18,22,24H,7-8,11-12,14-15H2,1H3/t18?,22-,23+/m1/s1. The molecule has 1 saturated carbocycles. The number of phenols is 1. The molecule has 0 aromatic heterocycles. The summed E-state index contributed by atoms with van der Waals surface area (Å²) in [5.74, 6) is 1.49. The fourth-order valence-corrected chi connectivity index (χ4v) is 5.15. The number of Topliss-reactive ketones (excluding diaryl/α,β-unsaturated/α-hetero) is 1. The highest BCUT2D eigenvalue weighted by atomic mass is 16.3. The Balaban J connectivity index is 1.61. The molecule has 2 heteroatoms. The molecule has 0 amide bonds. The van der Waals surface area contributed by atoms with Gasteiger partial charge in [-0.25, -0.2) is 0 Å². The second-order valence-corrected chi connectivity index (χ2v) is 8.11. The summed E-state index contributed by atoms with van der Waals surface area (Å²) in [7, 11) is 0. The third-order valence-electron chi connectivity index (χ3n) is 6.69. The molecule has 2 aliphatic carbocycles. The predicted octanol–water partition coefficient (Wildman–Crippen LogP) is 5.04. The van der Waals surface area contributed by atoms with Crippen molar-refractivity contribution in [2.24, 2.45) is 11.3 Å². The van der Waals surface area contributed by atoms with E-state index in [0.29, 0.717) is 29.8 Å². The molecule has 1 N–H and O–H groups in total. The number of aryl methyl sites for hydroxylation is 2. The van der Waals surface area contributed by atoms with Crippen LogP contribution in [0.2, 0.25) is 0 Å². The van der Waals surface area contributed by atoms with Crippen molar-refractivity contribution in [2.45, 2.75) is 51.4 Å². The zero-order valence-corrected chi connectivity index (χ0v) is 14.9. The minimum atomic E-state index is 0.187. The number of carbonyl (C=O) groups excluding carboxylic acids is 1. The minimum absolute atomic E-state index is 0.187. The quantitative estimate of drug-likeness (QED) is 0.854. The largest absolute Gasteiger partial charge is 0.508 e. The van der Waals surface area contributed by atoms with Crippen molar-refractivity contribution in [1.29, 1.82) is 0 Å². The minimum Gasteiger partial charge on any atom is -0.508 e. The van der Waals surface area contributed by atoms with Crippen molar-refractivity contribution in [3.05, 3.63) is 65.2 Å². The van der Waals surface area contributed by atoms with Gasteiger partial charge in [0, 0.05) is 12.8 Å². The fourth-order valence-electron chi connectivity index (χ4n) is 5.15.